The smallest absolute Gasteiger partial charge is 0.245 e. The summed E-state index contributed by atoms with van der Waals surface area (Å²) in [6.45, 7) is 0.870. The van der Waals surface area contributed by atoms with Gasteiger partial charge in [-0.05, 0) is 40.9 Å². The molecule has 1 N–H and O–H groups in total. The summed E-state index contributed by atoms with van der Waals surface area (Å²) in [5, 5.41) is 12.1. The third kappa shape index (κ3) is 2.94. The number of methoxy groups -OCH3 is 1. The standard InChI is InChI=1S/C14H15BrN2O3/c1-19-12-8-10(2-3-11(12)15)17-13(18)14(9-16)4-6-20-7-5-14/h2-3,8H,4-7H2,1H3,(H,17,18). The Morgan fingerprint density at radius 2 is 2.20 bits per heavy atom. The predicted molar refractivity (Wildman–Crippen MR) is 77.4 cm³/mol. The summed E-state index contributed by atoms with van der Waals surface area (Å²) < 4.78 is 11.2. The number of nitrogens with one attached hydrogen (secondary N) is 1. The number of nitriles is 1. The van der Waals surface area contributed by atoms with Crippen LogP contribution in [-0.4, -0.2) is 26.2 Å². The van der Waals surface area contributed by atoms with Gasteiger partial charge in [-0.2, -0.15) is 5.26 Å². The average molecular weight is 339 g/mol. The molecule has 1 aromatic carbocycles. The molecule has 0 bridgehead atoms. The van der Waals surface area contributed by atoms with E-state index in [0.717, 1.165) is 4.47 Å². The molecule has 1 amide bonds. The van der Waals surface area contributed by atoms with Crippen molar-refractivity contribution in [3.05, 3.63) is 22.7 Å². The number of halogens is 1. The van der Waals surface area contributed by atoms with E-state index in [4.69, 9.17) is 9.47 Å². The Hall–Kier alpha value is -1.58. The van der Waals surface area contributed by atoms with Crippen LogP contribution in [0.3, 0.4) is 0 Å². The Bertz CT molecular complexity index is 548. The van der Waals surface area contributed by atoms with E-state index in [2.05, 4.69) is 27.3 Å². The van der Waals surface area contributed by atoms with Gasteiger partial charge in [0.05, 0.1) is 17.7 Å². The molecule has 1 heterocycles. The first kappa shape index (κ1) is 14.8. The quantitative estimate of drug-likeness (QED) is 0.919. The zero-order valence-electron chi connectivity index (χ0n) is 11.1. The van der Waals surface area contributed by atoms with Gasteiger partial charge in [-0.3, -0.25) is 4.79 Å². The molecule has 1 aliphatic heterocycles. The van der Waals surface area contributed by atoms with Crippen LogP contribution >= 0.6 is 15.9 Å². The average Bonchev–Trinajstić information content (AvgIpc) is 2.49. The summed E-state index contributed by atoms with van der Waals surface area (Å²) in [6, 6.07) is 7.41. The normalized spacial score (nSPS) is 17.1. The van der Waals surface area contributed by atoms with Gasteiger partial charge in [0.2, 0.25) is 5.91 Å². The molecule has 0 atom stereocenters. The maximum Gasteiger partial charge on any atom is 0.245 e. The van der Waals surface area contributed by atoms with Crippen molar-refractivity contribution in [3.63, 3.8) is 0 Å². The van der Waals surface area contributed by atoms with E-state index >= 15 is 0 Å². The first-order valence-corrected chi connectivity index (χ1v) is 7.04. The summed E-state index contributed by atoms with van der Waals surface area (Å²) >= 11 is 3.35. The Balaban J connectivity index is 2.16. The maximum absolute atomic E-state index is 12.4. The van der Waals surface area contributed by atoms with Crippen LogP contribution in [0.15, 0.2) is 22.7 Å². The van der Waals surface area contributed by atoms with Crippen molar-refractivity contribution in [2.75, 3.05) is 25.6 Å². The van der Waals surface area contributed by atoms with E-state index < -0.39 is 5.41 Å². The highest BCUT2D eigenvalue weighted by molar-refractivity contribution is 9.10. The highest BCUT2D eigenvalue weighted by atomic mass is 79.9. The number of carbonyl (C=O) groups is 1. The second-order valence-electron chi connectivity index (χ2n) is 4.61. The number of benzene rings is 1. The minimum Gasteiger partial charge on any atom is -0.495 e. The van der Waals surface area contributed by atoms with Crippen molar-refractivity contribution < 1.29 is 14.3 Å². The molecular formula is C14H15BrN2O3. The molecule has 1 fully saturated rings. The molecule has 6 heteroatoms. The molecule has 0 radical (unpaired) electrons. The number of rotatable bonds is 3. The molecule has 2 rings (SSSR count). The van der Waals surface area contributed by atoms with Gasteiger partial charge in [0.15, 0.2) is 0 Å². The van der Waals surface area contributed by atoms with E-state index in [9.17, 15) is 10.1 Å². The second-order valence-corrected chi connectivity index (χ2v) is 5.46. The lowest BCUT2D eigenvalue weighted by molar-refractivity contribution is -0.126. The van der Waals surface area contributed by atoms with E-state index in [0.29, 0.717) is 37.5 Å². The molecule has 5 nitrogen and oxygen atoms in total. The minimum atomic E-state index is -1.00. The third-order valence-corrected chi connectivity index (χ3v) is 4.06. The molecule has 0 unspecified atom stereocenters. The molecule has 0 aromatic heterocycles. The molecule has 0 saturated carbocycles. The maximum atomic E-state index is 12.4. The van der Waals surface area contributed by atoms with Gasteiger partial charge in [0, 0.05) is 25.0 Å². The van der Waals surface area contributed by atoms with Crippen molar-refractivity contribution in [3.8, 4) is 11.8 Å². The third-order valence-electron chi connectivity index (χ3n) is 3.40. The zero-order chi connectivity index (χ0) is 14.6. The number of nitrogens with zero attached hydrogens (tertiary/aromatic N) is 1. The number of hydrogen-bond donors (Lipinski definition) is 1. The van der Waals surface area contributed by atoms with Crippen LogP contribution in [0, 0.1) is 16.7 Å². The lowest BCUT2D eigenvalue weighted by atomic mass is 9.81. The van der Waals surface area contributed by atoms with Crippen LogP contribution in [0.5, 0.6) is 5.75 Å². The topological polar surface area (TPSA) is 71.3 Å². The van der Waals surface area contributed by atoms with E-state index in [-0.39, 0.29) is 5.91 Å². The van der Waals surface area contributed by atoms with Gasteiger partial charge in [0.25, 0.3) is 0 Å². The van der Waals surface area contributed by atoms with Crippen LogP contribution in [0.1, 0.15) is 12.8 Å². The SMILES string of the molecule is COc1cc(NC(=O)C2(C#N)CCOCC2)ccc1Br. The monoisotopic (exact) mass is 338 g/mol. The molecule has 0 aliphatic carbocycles. The van der Waals surface area contributed by atoms with Gasteiger partial charge >= 0.3 is 0 Å². The fourth-order valence-corrected chi connectivity index (χ4v) is 2.51. The lowest BCUT2D eigenvalue weighted by Gasteiger charge is -2.29. The first-order chi connectivity index (χ1) is 9.61. The van der Waals surface area contributed by atoms with Gasteiger partial charge in [-0.15, -0.1) is 0 Å². The van der Waals surface area contributed by atoms with Crippen LogP contribution in [0.25, 0.3) is 0 Å². The van der Waals surface area contributed by atoms with Crippen molar-refractivity contribution in [2.24, 2.45) is 5.41 Å². The van der Waals surface area contributed by atoms with Crippen LogP contribution in [0.2, 0.25) is 0 Å². The number of carbonyl (C=O) groups excluding carboxylic acids is 1. The number of ether oxygens (including phenoxy) is 2. The molecule has 1 saturated heterocycles. The van der Waals surface area contributed by atoms with Crippen molar-refractivity contribution in [2.45, 2.75) is 12.8 Å². The van der Waals surface area contributed by atoms with Gasteiger partial charge in [0.1, 0.15) is 11.2 Å². The number of amides is 1. The van der Waals surface area contributed by atoms with Gasteiger partial charge in [-0.25, -0.2) is 0 Å². The molecule has 1 aromatic rings. The lowest BCUT2D eigenvalue weighted by Crippen LogP contribution is -2.39. The molecule has 0 spiro atoms. The zero-order valence-corrected chi connectivity index (χ0v) is 12.7. The second kappa shape index (κ2) is 6.25. The van der Waals surface area contributed by atoms with Gasteiger partial charge in [-0.1, -0.05) is 0 Å². The summed E-state index contributed by atoms with van der Waals surface area (Å²) in [7, 11) is 1.56. The van der Waals surface area contributed by atoms with Crippen LogP contribution in [-0.2, 0) is 9.53 Å². The van der Waals surface area contributed by atoms with Crippen LogP contribution in [0.4, 0.5) is 5.69 Å². The van der Waals surface area contributed by atoms with Gasteiger partial charge < -0.3 is 14.8 Å². The Morgan fingerprint density at radius 3 is 2.80 bits per heavy atom. The molecule has 1 aliphatic rings. The fourth-order valence-electron chi connectivity index (χ4n) is 2.10. The first-order valence-electron chi connectivity index (χ1n) is 6.25. The summed E-state index contributed by atoms with van der Waals surface area (Å²) in [4.78, 5) is 12.4. The van der Waals surface area contributed by atoms with Crippen molar-refractivity contribution in [1.82, 2.24) is 0 Å². The molecule has 106 valence electrons. The number of hydrogen-bond acceptors (Lipinski definition) is 4. The van der Waals surface area contributed by atoms with Crippen molar-refractivity contribution in [1.29, 1.82) is 5.26 Å². The Labute approximate surface area is 126 Å². The summed E-state index contributed by atoms with van der Waals surface area (Å²) in [6.07, 6.45) is 0.839. The predicted octanol–water partition coefficient (Wildman–Crippen LogP) is 2.72. The fraction of sp³-hybridized carbons (Fsp3) is 0.429. The largest absolute Gasteiger partial charge is 0.495 e. The molecule has 20 heavy (non-hydrogen) atoms. The van der Waals surface area contributed by atoms with Crippen molar-refractivity contribution >= 4 is 27.5 Å². The summed E-state index contributed by atoms with van der Waals surface area (Å²) in [5.74, 6) is 0.341. The summed E-state index contributed by atoms with van der Waals surface area (Å²) in [5.41, 5.74) is -0.394. The van der Waals surface area contributed by atoms with E-state index in [1.807, 2.05) is 0 Å². The molecular weight excluding hydrogens is 324 g/mol. The highest BCUT2D eigenvalue weighted by Gasteiger charge is 2.40. The van der Waals surface area contributed by atoms with E-state index in [1.165, 1.54) is 0 Å². The minimum absolute atomic E-state index is 0.285. The highest BCUT2D eigenvalue weighted by Crippen LogP contribution is 2.33. The van der Waals surface area contributed by atoms with E-state index in [1.54, 1.807) is 25.3 Å². The number of anilines is 1. The Morgan fingerprint density at radius 1 is 1.50 bits per heavy atom. The van der Waals surface area contributed by atoms with Crippen LogP contribution < -0.4 is 10.1 Å². The Kier molecular flexibility index (Phi) is 4.63.